The SMILES string of the molecule is O=c1[nH]c2ccccc2n1CC1CCN(CC(O)COc2ccccc2)C1. The molecule has 2 atom stereocenters. The molecule has 6 nitrogen and oxygen atoms in total. The van der Waals surface area contributed by atoms with Crippen LogP contribution in [0.5, 0.6) is 5.75 Å². The molecule has 6 heteroatoms. The number of imidazole rings is 1. The fourth-order valence-electron chi connectivity index (χ4n) is 3.83. The first-order valence-electron chi connectivity index (χ1n) is 9.45. The maximum absolute atomic E-state index is 12.2. The van der Waals surface area contributed by atoms with Gasteiger partial charge >= 0.3 is 5.69 Å². The summed E-state index contributed by atoms with van der Waals surface area (Å²) in [6.45, 7) is 3.40. The van der Waals surface area contributed by atoms with Crippen molar-refractivity contribution in [1.82, 2.24) is 14.5 Å². The lowest BCUT2D eigenvalue weighted by Crippen LogP contribution is -2.34. The molecule has 2 aromatic carbocycles. The number of fused-ring (bicyclic) bond motifs is 1. The molecular weight excluding hydrogens is 342 g/mol. The Morgan fingerprint density at radius 2 is 1.93 bits per heavy atom. The fraction of sp³-hybridized carbons (Fsp3) is 0.381. The van der Waals surface area contributed by atoms with Crippen LogP contribution in [0.1, 0.15) is 6.42 Å². The minimum absolute atomic E-state index is 0.0501. The van der Waals surface area contributed by atoms with Crippen LogP contribution in [0.25, 0.3) is 11.0 Å². The number of aliphatic hydroxyl groups excluding tert-OH is 1. The van der Waals surface area contributed by atoms with Crippen molar-refractivity contribution in [2.45, 2.75) is 19.1 Å². The largest absolute Gasteiger partial charge is 0.491 e. The normalized spacial score (nSPS) is 18.8. The summed E-state index contributed by atoms with van der Waals surface area (Å²) in [4.78, 5) is 17.4. The number of ether oxygens (including phenoxy) is 1. The van der Waals surface area contributed by atoms with E-state index in [0.29, 0.717) is 19.0 Å². The van der Waals surface area contributed by atoms with Gasteiger partial charge in [0.2, 0.25) is 0 Å². The molecule has 0 saturated carbocycles. The number of para-hydroxylation sites is 3. The average molecular weight is 367 g/mol. The molecule has 1 aliphatic rings. The number of aromatic amines is 1. The van der Waals surface area contributed by atoms with Crippen molar-refractivity contribution >= 4 is 11.0 Å². The van der Waals surface area contributed by atoms with Crippen LogP contribution < -0.4 is 10.4 Å². The smallest absolute Gasteiger partial charge is 0.326 e. The highest BCUT2D eigenvalue weighted by molar-refractivity contribution is 5.74. The molecule has 0 radical (unpaired) electrons. The van der Waals surface area contributed by atoms with Gasteiger partial charge in [-0.1, -0.05) is 30.3 Å². The number of hydrogen-bond acceptors (Lipinski definition) is 4. The molecule has 3 aromatic rings. The number of nitrogens with one attached hydrogen (secondary N) is 1. The van der Waals surface area contributed by atoms with Gasteiger partial charge in [0.1, 0.15) is 18.5 Å². The van der Waals surface area contributed by atoms with E-state index in [1.807, 2.05) is 59.2 Å². The summed E-state index contributed by atoms with van der Waals surface area (Å²) in [5.74, 6) is 1.18. The van der Waals surface area contributed by atoms with Crippen molar-refractivity contribution < 1.29 is 9.84 Å². The first kappa shape index (κ1) is 17.8. The van der Waals surface area contributed by atoms with Gasteiger partial charge in [-0.3, -0.25) is 4.57 Å². The third kappa shape index (κ3) is 4.23. The molecular formula is C21H25N3O3. The highest BCUT2D eigenvalue weighted by Gasteiger charge is 2.25. The van der Waals surface area contributed by atoms with Crippen LogP contribution in [-0.2, 0) is 6.54 Å². The molecule has 27 heavy (non-hydrogen) atoms. The number of aliphatic hydroxyl groups is 1. The zero-order valence-corrected chi connectivity index (χ0v) is 15.3. The second-order valence-electron chi connectivity index (χ2n) is 7.25. The number of rotatable bonds is 7. The molecule has 0 amide bonds. The van der Waals surface area contributed by atoms with E-state index in [9.17, 15) is 9.90 Å². The predicted octanol–water partition coefficient (Wildman–Crippen LogP) is 2.09. The standard InChI is InChI=1S/C21H25N3O3/c25-17(15-27-18-6-2-1-3-7-18)14-23-11-10-16(12-23)13-24-20-9-5-4-8-19(20)22-21(24)26/h1-9,16-17,25H,10-15H2,(H,22,26). The van der Waals surface area contributed by atoms with Crippen LogP contribution in [0, 0.1) is 5.92 Å². The third-order valence-electron chi connectivity index (χ3n) is 5.15. The molecule has 2 heterocycles. The van der Waals surface area contributed by atoms with E-state index in [0.717, 1.165) is 36.3 Å². The fourth-order valence-corrected chi connectivity index (χ4v) is 3.83. The summed E-state index contributed by atoms with van der Waals surface area (Å²) in [6.07, 6.45) is 0.498. The number of benzene rings is 2. The lowest BCUT2D eigenvalue weighted by molar-refractivity contribution is 0.0745. The van der Waals surface area contributed by atoms with E-state index in [-0.39, 0.29) is 12.3 Å². The third-order valence-corrected chi connectivity index (χ3v) is 5.15. The summed E-state index contributed by atoms with van der Waals surface area (Å²) >= 11 is 0. The Kier molecular flexibility index (Phi) is 5.27. The minimum Gasteiger partial charge on any atom is -0.491 e. The van der Waals surface area contributed by atoms with Crippen molar-refractivity contribution in [3.05, 3.63) is 65.1 Å². The molecule has 0 aliphatic carbocycles. The Hall–Kier alpha value is -2.57. The van der Waals surface area contributed by atoms with Crippen LogP contribution >= 0.6 is 0 Å². The second kappa shape index (κ2) is 7.98. The number of likely N-dealkylation sites (tertiary alicyclic amines) is 1. The molecule has 1 fully saturated rings. The topological polar surface area (TPSA) is 70.5 Å². The molecule has 142 valence electrons. The zero-order chi connectivity index (χ0) is 18.6. The number of aromatic nitrogens is 2. The van der Waals surface area contributed by atoms with E-state index in [1.165, 1.54) is 0 Å². The number of hydrogen-bond donors (Lipinski definition) is 2. The van der Waals surface area contributed by atoms with Crippen LogP contribution in [0.2, 0.25) is 0 Å². The summed E-state index contributed by atoms with van der Waals surface area (Å²) in [5, 5.41) is 10.3. The van der Waals surface area contributed by atoms with Gasteiger partial charge in [-0.15, -0.1) is 0 Å². The van der Waals surface area contributed by atoms with E-state index in [4.69, 9.17) is 4.74 Å². The van der Waals surface area contributed by atoms with Gasteiger partial charge in [-0.05, 0) is 43.1 Å². The van der Waals surface area contributed by atoms with Crippen molar-refractivity contribution in [3.8, 4) is 5.75 Å². The van der Waals surface area contributed by atoms with E-state index in [2.05, 4.69) is 9.88 Å². The molecule has 1 saturated heterocycles. The van der Waals surface area contributed by atoms with Gasteiger partial charge in [-0.25, -0.2) is 4.79 Å². The molecule has 1 aliphatic heterocycles. The van der Waals surface area contributed by atoms with E-state index < -0.39 is 6.10 Å². The van der Waals surface area contributed by atoms with Crippen molar-refractivity contribution in [3.63, 3.8) is 0 Å². The van der Waals surface area contributed by atoms with Gasteiger partial charge in [0.05, 0.1) is 11.0 Å². The van der Waals surface area contributed by atoms with Gasteiger partial charge in [0.25, 0.3) is 0 Å². The highest BCUT2D eigenvalue weighted by atomic mass is 16.5. The van der Waals surface area contributed by atoms with Crippen LogP contribution in [0.15, 0.2) is 59.4 Å². The summed E-state index contributed by atoms with van der Waals surface area (Å²) < 4.78 is 7.46. The van der Waals surface area contributed by atoms with Gasteiger partial charge in [0, 0.05) is 19.6 Å². The van der Waals surface area contributed by atoms with Gasteiger partial charge in [0.15, 0.2) is 0 Å². The molecule has 0 bridgehead atoms. The number of H-pyrrole nitrogens is 1. The molecule has 2 N–H and O–H groups in total. The monoisotopic (exact) mass is 367 g/mol. The maximum atomic E-state index is 12.2. The van der Waals surface area contributed by atoms with Crippen molar-refractivity contribution in [2.75, 3.05) is 26.2 Å². The summed E-state index contributed by atoms with van der Waals surface area (Å²) in [7, 11) is 0. The first-order valence-corrected chi connectivity index (χ1v) is 9.45. The maximum Gasteiger partial charge on any atom is 0.326 e. The summed E-state index contributed by atoms with van der Waals surface area (Å²) in [6, 6.07) is 17.3. The first-order chi connectivity index (χ1) is 13.2. The zero-order valence-electron chi connectivity index (χ0n) is 15.3. The Balaban J connectivity index is 1.29. The molecule has 0 spiro atoms. The van der Waals surface area contributed by atoms with Crippen molar-refractivity contribution in [1.29, 1.82) is 0 Å². The molecule has 4 rings (SSSR count). The predicted molar refractivity (Wildman–Crippen MR) is 105 cm³/mol. The molecule has 2 unspecified atom stereocenters. The van der Waals surface area contributed by atoms with Gasteiger partial charge < -0.3 is 19.7 Å². The van der Waals surface area contributed by atoms with Crippen LogP contribution in [0.4, 0.5) is 0 Å². The second-order valence-corrected chi connectivity index (χ2v) is 7.25. The van der Waals surface area contributed by atoms with E-state index >= 15 is 0 Å². The lowest BCUT2D eigenvalue weighted by atomic mass is 10.1. The Bertz CT molecular complexity index is 934. The highest BCUT2D eigenvalue weighted by Crippen LogP contribution is 2.20. The quantitative estimate of drug-likeness (QED) is 0.671. The Morgan fingerprint density at radius 3 is 2.78 bits per heavy atom. The van der Waals surface area contributed by atoms with Crippen molar-refractivity contribution in [2.24, 2.45) is 5.92 Å². The minimum atomic E-state index is -0.528. The Morgan fingerprint density at radius 1 is 1.15 bits per heavy atom. The summed E-state index contributed by atoms with van der Waals surface area (Å²) in [5.41, 5.74) is 1.79. The Labute approximate surface area is 158 Å². The van der Waals surface area contributed by atoms with Crippen LogP contribution in [0.3, 0.4) is 0 Å². The molecule has 1 aromatic heterocycles. The van der Waals surface area contributed by atoms with Crippen LogP contribution in [-0.4, -0.2) is 51.9 Å². The van der Waals surface area contributed by atoms with E-state index in [1.54, 1.807) is 0 Å². The number of β-amino-alcohol motifs (C(OH)–C–C–N with tert-alkyl or cyclic N) is 1. The lowest BCUT2D eigenvalue weighted by Gasteiger charge is -2.20. The van der Waals surface area contributed by atoms with Gasteiger partial charge in [-0.2, -0.15) is 0 Å². The average Bonchev–Trinajstić information content (AvgIpc) is 3.25. The number of nitrogens with zero attached hydrogens (tertiary/aromatic N) is 2.